The second-order valence-corrected chi connectivity index (χ2v) is 5.49. The van der Waals surface area contributed by atoms with E-state index in [9.17, 15) is 0 Å². The fourth-order valence-electron chi connectivity index (χ4n) is 1.19. The zero-order valence-electron chi connectivity index (χ0n) is 9.18. The Balaban J connectivity index is 2.37. The summed E-state index contributed by atoms with van der Waals surface area (Å²) in [4.78, 5) is 0. The van der Waals surface area contributed by atoms with Crippen LogP contribution in [-0.4, -0.2) is 14.8 Å². The summed E-state index contributed by atoms with van der Waals surface area (Å²) in [6.45, 7) is 6.47. The van der Waals surface area contributed by atoms with Crippen molar-refractivity contribution in [2.75, 3.05) is 0 Å². The smallest absolute Gasteiger partial charge is 0.116 e. The van der Waals surface area contributed by atoms with Gasteiger partial charge >= 0.3 is 0 Å². The Morgan fingerprint density at radius 3 is 2.33 bits per heavy atom. The highest BCUT2D eigenvalue weighted by molar-refractivity contribution is 7.27. The Kier molecular flexibility index (Phi) is 2.57. The summed E-state index contributed by atoms with van der Waals surface area (Å²) in [6, 6.07) is 10.1. The molecule has 3 nitrogen and oxygen atoms in total. The molecule has 0 radical (unpaired) electrons. The van der Waals surface area contributed by atoms with Crippen molar-refractivity contribution in [3.63, 3.8) is 0 Å². The zero-order valence-corrected chi connectivity index (χ0v) is 10.1. The maximum absolute atomic E-state index is 4.22. The Morgan fingerprint density at radius 2 is 1.80 bits per heavy atom. The van der Waals surface area contributed by atoms with E-state index < -0.39 is 0 Å². The highest BCUT2D eigenvalue weighted by atomic mass is 31.0. The molecule has 0 amide bonds. The highest BCUT2D eigenvalue weighted by Crippen LogP contribution is 2.27. The van der Waals surface area contributed by atoms with E-state index in [1.54, 1.807) is 0 Å². The van der Waals surface area contributed by atoms with Gasteiger partial charge in [0.2, 0.25) is 0 Å². The van der Waals surface area contributed by atoms with E-state index >= 15 is 0 Å². The molecule has 2 rings (SSSR count). The first-order chi connectivity index (χ1) is 7.07. The molecule has 0 fully saturated rings. The Bertz CT molecular complexity index is 442. The van der Waals surface area contributed by atoms with Gasteiger partial charge in [0, 0.05) is 5.41 Å². The first kappa shape index (κ1) is 10.3. The first-order valence-corrected chi connectivity index (χ1v) is 5.78. The summed E-state index contributed by atoms with van der Waals surface area (Å²) in [6.07, 6.45) is 0. The predicted molar refractivity (Wildman–Crippen MR) is 62.6 cm³/mol. The second kappa shape index (κ2) is 3.74. The van der Waals surface area contributed by atoms with Crippen molar-refractivity contribution in [1.82, 2.24) is 14.8 Å². The van der Waals surface area contributed by atoms with Crippen LogP contribution in [0.1, 0.15) is 26.2 Å². The van der Waals surface area contributed by atoms with Gasteiger partial charge in [0.15, 0.2) is 0 Å². The fourth-order valence-corrected chi connectivity index (χ4v) is 2.07. The third-order valence-corrected chi connectivity index (χ3v) is 3.52. The Hall–Kier alpha value is -1.21. The molecule has 1 aromatic carbocycles. The normalized spacial score (nSPS) is 12.2. The molecule has 2 aromatic rings. The van der Waals surface area contributed by atoms with Gasteiger partial charge in [-0.25, -0.2) is 0 Å². The van der Waals surface area contributed by atoms with Crippen molar-refractivity contribution >= 4 is 8.35 Å². The molecule has 15 heavy (non-hydrogen) atoms. The van der Waals surface area contributed by atoms with Crippen molar-refractivity contribution in [1.29, 1.82) is 0 Å². The molecule has 0 saturated heterocycles. The molecule has 0 bridgehead atoms. The van der Waals surface area contributed by atoms with Gasteiger partial charge in [0.05, 0.1) is 14.0 Å². The van der Waals surface area contributed by atoms with E-state index in [0.29, 0.717) is 0 Å². The van der Waals surface area contributed by atoms with Gasteiger partial charge in [-0.05, 0) is 12.1 Å². The number of rotatable bonds is 1. The van der Waals surface area contributed by atoms with Gasteiger partial charge in [0.25, 0.3) is 0 Å². The van der Waals surface area contributed by atoms with Crippen molar-refractivity contribution in [3.05, 3.63) is 35.8 Å². The average molecular weight is 219 g/mol. The lowest BCUT2D eigenvalue weighted by Crippen LogP contribution is -2.09. The van der Waals surface area contributed by atoms with Crippen LogP contribution in [0.3, 0.4) is 0 Å². The standard InChI is InChI=1S/C11H14N3P/c1-11(2,3)10-12-13-14(15-10)9-7-5-4-6-8-9/h4-8H,1-3H3. The van der Waals surface area contributed by atoms with Crippen LogP contribution in [0, 0.1) is 0 Å². The summed E-state index contributed by atoms with van der Waals surface area (Å²) >= 11 is 0. The van der Waals surface area contributed by atoms with Crippen LogP contribution in [0.15, 0.2) is 30.3 Å². The summed E-state index contributed by atoms with van der Waals surface area (Å²) in [5.41, 5.74) is 2.28. The lowest BCUT2D eigenvalue weighted by molar-refractivity contribution is 0.575. The van der Waals surface area contributed by atoms with E-state index in [4.69, 9.17) is 0 Å². The summed E-state index contributed by atoms with van der Waals surface area (Å²) in [5, 5.41) is 8.38. The topological polar surface area (TPSA) is 30.7 Å². The maximum atomic E-state index is 4.22. The van der Waals surface area contributed by atoms with Crippen molar-refractivity contribution in [2.24, 2.45) is 0 Å². The summed E-state index contributed by atoms with van der Waals surface area (Å²) in [7, 11) is 1.06. The van der Waals surface area contributed by atoms with Gasteiger partial charge in [-0.1, -0.05) is 44.2 Å². The molecule has 0 saturated carbocycles. The maximum Gasteiger partial charge on any atom is 0.116 e. The summed E-state index contributed by atoms with van der Waals surface area (Å²) < 4.78 is 1.90. The molecule has 0 spiro atoms. The molecule has 4 heteroatoms. The molecule has 78 valence electrons. The largest absolute Gasteiger partial charge is 0.195 e. The van der Waals surface area contributed by atoms with Crippen LogP contribution in [0.25, 0.3) is 5.69 Å². The van der Waals surface area contributed by atoms with Crippen LogP contribution in [0.5, 0.6) is 0 Å². The van der Waals surface area contributed by atoms with E-state index in [1.165, 1.54) is 0 Å². The number of hydrogen-bond donors (Lipinski definition) is 0. The van der Waals surface area contributed by atoms with Crippen LogP contribution < -0.4 is 0 Å². The molecule has 1 heterocycles. The van der Waals surface area contributed by atoms with Crippen molar-refractivity contribution < 1.29 is 0 Å². The number of hydrogen-bond acceptors (Lipinski definition) is 2. The number of benzene rings is 1. The molecule has 0 aliphatic rings. The van der Waals surface area contributed by atoms with E-state index in [1.807, 2.05) is 34.8 Å². The second-order valence-electron chi connectivity index (χ2n) is 4.49. The van der Waals surface area contributed by atoms with Crippen molar-refractivity contribution in [2.45, 2.75) is 26.2 Å². The van der Waals surface area contributed by atoms with Gasteiger partial charge in [-0.2, -0.15) is 4.44 Å². The predicted octanol–water partition coefficient (Wildman–Crippen LogP) is 3.14. The molecule has 0 aliphatic carbocycles. The molecule has 1 aromatic heterocycles. The van der Waals surface area contributed by atoms with Gasteiger partial charge < -0.3 is 0 Å². The molecule has 0 unspecified atom stereocenters. The number of para-hydroxylation sites is 1. The van der Waals surface area contributed by atoms with Crippen molar-refractivity contribution in [3.8, 4) is 5.69 Å². The lowest BCUT2D eigenvalue weighted by atomic mass is 9.98. The first-order valence-electron chi connectivity index (χ1n) is 4.93. The lowest BCUT2D eigenvalue weighted by Gasteiger charge is -2.12. The number of nitrogens with zero attached hydrogens (tertiary/aromatic N) is 3. The molecule has 0 aliphatic heterocycles. The molecule has 0 atom stereocenters. The van der Waals surface area contributed by atoms with Gasteiger partial charge in [-0.3, -0.25) is 0 Å². The minimum atomic E-state index is 0.0919. The number of aromatic nitrogens is 3. The zero-order chi connectivity index (χ0) is 10.9. The average Bonchev–Trinajstić information content (AvgIpc) is 2.67. The van der Waals surface area contributed by atoms with Crippen LogP contribution in [0.4, 0.5) is 0 Å². The Labute approximate surface area is 91.3 Å². The Morgan fingerprint density at radius 1 is 1.13 bits per heavy atom. The van der Waals surface area contributed by atoms with Crippen LogP contribution in [-0.2, 0) is 5.41 Å². The molecule has 0 N–H and O–H groups in total. The third-order valence-electron chi connectivity index (χ3n) is 2.07. The third kappa shape index (κ3) is 2.24. The summed E-state index contributed by atoms with van der Waals surface area (Å²) in [5.74, 6) is 0. The van der Waals surface area contributed by atoms with Gasteiger partial charge in [-0.15, -0.1) is 5.10 Å². The van der Waals surface area contributed by atoms with E-state index in [0.717, 1.165) is 19.5 Å². The van der Waals surface area contributed by atoms with Crippen LogP contribution >= 0.6 is 8.35 Å². The van der Waals surface area contributed by atoms with E-state index in [-0.39, 0.29) is 5.41 Å². The molecular weight excluding hydrogens is 205 g/mol. The fraction of sp³-hybridized carbons (Fsp3) is 0.364. The minimum Gasteiger partial charge on any atom is -0.195 e. The minimum absolute atomic E-state index is 0.0919. The SMILES string of the molecule is CC(C)(C)c1nnn(-c2ccccc2)p1. The molecular formula is C11H14N3P. The quantitative estimate of drug-likeness (QED) is 0.737. The highest BCUT2D eigenvalue weighted by Gasteiger charge is 2.18. The van der Waals surface area contributed by atoms with E-state index in [2.05, 4.69) is 31.1 Å². The van der Waals surface area contributed by atoms with Crippen LogP contribution in [0.2, 0.25) is 0 Å². The van der Waals surface area contributed by atoms with Gasteiger partial charge in [0.1, 0.15) is 5.43 Å². The monoisotopic (exact) mass is 219 g/mol.